The fraction of sp³-hybridized carbons (Fsp3) is 0.500. The maximum Gasteiger partial charge on any atom is 0.305 e. The molecule has 0 amide bonds. The van der Waals surface area contributed by atoms with Crippen LogP contribution in [0.5, 0.6) is 0 Å². The average Bonchev–Trinajstić information content (AvgIpc) is 2.79. The van der Waals surface area contributed by atoms with Gasteiger partial charge in [-0.1, -0.05) is 11.6 Å². The van der Waals surface area contributed by atoms with Gasteiger partial charge >= 0.3 is 5.97 Å². The van der Waals surface area contributed by atoms with Crippen LogP contribution in [0.4, 0.5) is 0 Å². The number of nitrogens with zero attached hydrogens (tertiary/aromatic N) is 1. The lowest BCUT2D eigenvalue weighted by molar-refractivity contribution is -0.140. The molecular weight excluding hydrogens is 282 g/mol. The quantitative estimate of drug-likeness (QED) is 0.481. The van der Waals surface area contributed by atoms with E-state index in [1.165, 1.54) is 28.1 Å². The molecule has 0 bridgehead atoms. The van der Waals surface area contributed by atoms with Crippen molar-refractivity contribution in [3.8, 4) is 0 Å². The smallest absolute Gasteiger partial charge is 0.305 e. The standard InChI is InChI=1S/C14H18ClNO2S/c1-9-7-12-11(14(15)16(9)2)8-10(19-12)5-4-6-13(17)18-3/h7-8,14H,4-6H2,1-3H3. The predicted octanol–water partition coefficient (Wildman–Crippen LogP) is 3.79. The van der Waals surface area contributed by atoms with Crippen molar-refractivity contribution in [2.75, 3.05) is 14.2 Å². The summed E-state index contributed by atoms with van der Waals surface area (Å²) in [6.07, 6.45) is 4.35. The molecule has 104 valence electrons. The summed E-state index contributed by atoms with van der Waals surface area (Å²) in [6, 6.07) is 2.16. The maximum atomic E-state index is 11.1. The Kier molecular flexibility index (Phi) is 4.53. The van der Waals surface area contributed by atoms with Gasteiger partial charge in [-0.05, 0) is 31.9 Å². The Labute approximate surface area is 122 Å². The van der Waals surface area contributed by atoms with Crippen LogP contribution in [0.2, 0.25) is 0 Å². The summed E-state index contributed by atoms with van der Waals surface area (Å²) in [7, 11) is 3.43. The number of carbonyl (C=O) groups excluding carboxylic acids is 1. The molecule has 2 rings (SSSR count). The predicted molar refractivity (Wildman–Crippen MR) is 79.3 cm³/mol. The lowest BCUT2D eigenvalue weighted by Crippen LogP contribution is -2.21. The van der Waals surface area contributed by atoms with E-state index in [1.54, 1.807) is 11.3 Å². The van der Waals surface area contributed by atoms with E-state index in [9.17, 15) is 4.79 Å². The summed E-state index contributed by atoms with van der Waals surface area (Å²) < 4.78 is 4.64. The van der Waals surface area contributed by atoms with Crippen LogP contribution in [0.15, 0.2) is 11.8 Å². The highest BCUT2D eigenvalue weighted by Crippen LogP contribution is 2.40. The van der Waals surface area contributed by atoms with Gasteiger partial charge in [0.15, 0.2) is 0 Å². The highest BCUT2D eigenvalue weighted by molar-refractivity contribution is 7.13. The molecule has 0 aliphatic carbocycles. The van der Waals surface area contributed by atoms with Gasteiger partial charge in [-0.15, -0.1) is 11.3 Å². The monoisotopic (exact) mass is 299 g/mol. The van der Waals surface area contributed by atoms with Crippen LogP contribution < -0.4 is 0 Å². The number of esters is 1. The van der Waals surface area contributed by atoms with E-state index in [4.69, 9.17) is 11.6 Å². The second-order valence-electron chi connectivity index (χ2n) is 4.69. The number of aryl methyl sites for hydroxylation is 1. The van der Waals surface area contributed by atoms with E-state index >= 15 is 0 Å². The fourth-order valence-electron chi connectivity index (χ4n) is 2.08. The number of methoxy groups -OCH3 is 1. The third kappa shape index (κ3) is 3.12. The average molecular weight is 300 g/mol. The zero-order valence-electron chi connectivity index (χ0n) is 11.4. The summed E-state index contributed by atoms with van der Waals surface area (Å²) in [5, 5.41) is 0. The molecule has 0 aromatic carbocycles. The number of halogens is 1. The molecule has 1 aromatic rings. The summed E-state index contributed by atoms with van der Waals surface area (Å²) >= 11 is 8.19. The van der Waals surface area contributed by atoms with Crippen molar-refractivity contribution in [3.05, 3.63) is 27.1 Å². The minimum Gasteiger partial charge on any atom is -0.469 e. The normalized spacial score (nSPS) is 18.0. The topological polar surface area (TPSA) is 29.5 Å². The number of allylic oxidation sites excluding steroid dienone is 1. The van der Waals surface area contributed by atoms with Crippen molar-refractivity contribution in [2.45, 2.75) is 31.7 Å². The molecule has 3 nitrogen and oxygen atoms in total. The molecular formula is C14H18ClNO2S. The Balaban J connectivity index is 2.05. The summed E-state index contributed by atoms with van der Waals surface area (Å²) in [5.41, 5.74) is 2.26. The number of thiophene rings is 1. The van der Waals surface area contributed by atoms with Gasteiger partial charge in [0.25, 0.3) is 0 Å². The lowest BCUT2D eigenvalue weighted by Gasteiger charge is -2.29. The molecule has 0 saturated carbocycles. The van der Waals surface area contributed by atoms with Gasteiger partial charge in [0, 0.05) is 34.5 Å². The van der Waals surface area contributed by atoms with Crippen molar-refractivity contribution in [1.82, 2.24) is 4.90 Å². The molecule has 19 heavy (non-hydrogen) atoms. The van der Waals surface area contributed by atoms with Crippen LogP contribution in [0.1, 0.15) is 40.6 Å². The molecule has 1 aliphatic heterocycles. The largest absolute Gasteiger partial charge is 0.469 e. The Morgan fingerprint density at radius 2 is 2.32 bits per heavy atom. The highest BCUT2D eigenvalue weighted by atomic mass is 35.5. The molecule has 1 aromatic heterocycles. The molecule has 1 unspecified atom stereocenters. The van der Waals surface area contributed by atoms with Crippen LogP contribution in [-0.4, -0.2) is 25.0 Å². The Bertz CT molecular complexity index is 510. The Morgan fingerprint density at radius 1 is 1.58 bits per heavy atom. The molecule has 0 spiro atoms. The lowest BCUT2D eigenvalue weighted by atomic mass is 10.1. The second kappa shape index (κ2) is 5.97. The van der Waals surface area contributed by atoms with Crippen LogP contribution in [-0.2, 0) is 16.0 Å². The number of alkyl halides is 1. The fourth-order valence-corrected chi connectivity index (χ4v) is 3.72. The van der Waals surface area contributed by atoms with Gasteiger partial charge in [-0.25, -0.2) is 0 Å². The van der Waals surface area contributed by atoms with Crippen LogP contribution in [0.3, 0.4) is 0 Å². The van der Waals surface area contributed by atoms with E-state index in [-0.39, 0.29) is 11.5 Å². The minimum atomic E-state index is -0.146. The van der Waals surface area contributed by atoms with Crippen LogP contribution >= 0.6 is 22.9 Å². The van der Waals surface area contributed by atoms with E-state index in [0.717, 1.165) is 12.8 Å². The minimum absolute atomic E-state index is 0.0920. The van der Waals surface area contributed by atoms with Crippen molar-refractivity contribution < 1.29 is 9.53 Å². The summed E-state index contributed by atoms with van der Waals surface area (Å²) in [6.45, 7) is 2.06. The maximum absolute atomic E-state index is 11.1. The first-order valence-electron chi connectivity index (χ1n) is 6.27. The number of hydrogen-bond donors (Lipinski definition) is 0. The summed E-state index contributed by atoms with van der Waals surface area (Å²) in [4.78, 5) is 15.7. The van der Waals surface area contributed by atoms with E-state index in [1.807, 2.05) is 7.05 Å². The van der Waals surface area contributed by atoms with Crippen LogP contribution in [0, 0.1) is 0 Å². The number of rotatable bonds is 4. The molecule has 5 heteroatoms. The van der Waals surface area contributed by atoms with E-state index in [0.29, 0.717) is 6.42 Å². The number of carbonyl (C=O) groups is 1. The molecule has 0 N–H and O–H groups in total. The third-order valence-electron chi connectivity index (χ3n) is 3.37. The molecule has 1 aliphatic rings. The first kappa shape index (κ1) is 14.4. The number of hydrogen-bond acceptors (Lipinski definition) is 4. The first-order chi connectivity index (χ1) is 9.02. The Hall–Kier alpha value is -1.00. The second-order valence-corrected chi connectivity index (χ2v) is 6.28. The Morgan fingerprint density at radius 3 is 3.00 bits per heavy atom. The molecule has 0 radical (unpaired) electrons. The zero-order valence-corrected chi connectivity index (χ0v) is 13.0. The summed E-state index contributed by atoms with van der Waals surface area (Å²) in [5.74, 6) is -0.146. The van der Waals surface area contributed by atoms with Gasteiger partial charge in [-0.3, -0.25) is 4.79 Å². The number of ether oxygens (including phenoxy) is 1. The molecule has 2 heterocycles. The number of fused-ring (bicyclic) bond motifs is 1. The van der Waals surface area contributed by atoms with Gasteiger partial charge in [-0.2, -0.15) is 0 Å². The van der Waals surface area contributed by atoms with Gasteiger partial charge in [0.1, 0.15) is 5.50 Å². The van der Waals surface area contributed by atoms with Crippen molar-refractivity contribution in [1.29, 1.82) is 0 Å². The van der Waals surface area contributed by atoms with Gasteiger partial charge in [0.05, 0.1) is 7.11 Å². The molecule has 0 fully saturated rings. The van der Waals surface area contributed by atoms with Crippen molar-refractivity contribution in [3.63, 3.8) is 0 Å². The van der Waals surface area contributed by atoms with Gasteiger partial charge in [0.2, 0.25) is 0 Å². The van der Waals surface area contributed by atoms with E-state index in [2.05, 4.69) is 28.7 Å². The third-order valence-corrected chi connectivity index (χ3v) is 5.05. The zero-order chi connectivity index (χ0) is 14.0. The highest BCUT2D eigenvalue weighted by Gasteiger charge is 2.24. The van der Waals surface area contributed by atoms with Crippen LogP contribution in [0.25, 0.3) is 6.08 Å². The SMILES string of the molecule is COC(=O)CCCc1cc2c(s1)C=C(C)N(C)C2Cl. The molecule has 1 atom stereocenters. The van der Waals surface area contributed by atoms with Crippen molar-refractivity contribution >= 4 is 35.0 Å². The van der Waals surface area contributed by atoms with Crippen molar-refractivity contribution in [2.24, 2.45) is 0 Å². The van der Waals surface area contributed by atoms with E-state index < -0.39 is 0 Å². The first-order valence-corrected chi connectivity index (χ1v) is 7.53. The van der Waals surface area contributed by atoms with Gasteiger partial charge < -0.3 is 9.64 Å². The molecule has 0 saturated heterocycles.